The summed E-state index contributed by atoms with van der Waals surface area (Å²) in [6.07, 6.45) is 1.72. The van der Waals surface area contributed by atoms with E-state index in [1.807, 2.05) is 19.9 Å². The molecule has 0 saturated heterocycles. The second kappa shape index (κ2) is 9.03. The van der Waals surface area contributed by atoms with Crippen molar-refractivity contribution in [2.75, 3.05) is 0 Å². The Morgan fingerprint density at radius 1 is 1.04 bits per heavy atom. The molecular weight excluding hydrogens is 336 g/mol. The second-order valence-corrected chi connectivity index (χ2v) is 7.63. The Morgan fingerprint density at radius 2 is 1.69 bits per heavy atom. The van der Waals surface area contributed by atoms with Gasteiger partial charge >= 0.3 is 12.1 Å². The third-order valence-electron chi connectivity index (χ3n) is 4.88. The molecule has 1 fully saturated rings. The number of hydrogen-bond donors (Lipinski definition) is 0. The number of hydrogen-bond acceptors (Lipinski definition) is 6. The van der Waals surface area contributed by atoms with E-state index in [1.54, 1.807) is 12.1 Å². The summed E-state index contributed by atoms with van der Waals surface area (Å²) in [5, 5.41) is 4.33. The van der Waals surface area contributed by atoms with Crippen molar-refractivity contribution in [3.05, 3.63) is 34.9 Å². The van der Waals surface area contributed by atoms with E-state index in [9.17, 15) is 9.59 Å². The van der Waals surface area contributed by atoms with Gasteiger partial charge in [0.05, 0.1) is 10.6 Å². The van der Waals surface area contributed by atoms with Gasteiger partial charge in [0.2, 0.25) is 0 Å². The minimum Gasteiger partial charge on any atom is -0.429 e. The minimum absolute atomic E-state index is 0.218. The fourth-order valence-electron chi connectivity index (χ4n) is 3.61. The monoisotopic (exact) mass is 364 g/mol. The molecule has 1 aromatic carbocycles. The van der Waals surface area contributed by atoms with Crippen molar-refractivity contribution in [1.29, 1.82) is 0 Å². The van der Waals surface area contributed by atoms with Crippen LogP contribution in [0.5, 0.6) is 0 Å². The van der Waals surface area contributed by atoms with Crippen LogP contribution in [0.2, 0.25) is 0 Å². The van der Waals surface area contributed by atoms with E-state index in [0.717, 1.165) is 30.4 Å². The molecule has 144 valence electrons. The van der Waals surface area contributed by atoms with E-state index in [1.165, 1.54) is 0 Å². The summed E-state index contributed by atoms with van der Waals surface area (Å²) in [4.78, 5) is 32.8. The van der Waals surface area contributed by atoms with E-state index in [0.29, 0.717) is 17.4 Å². The van der Waals surface area contributed by atoms with Crippen LogP contribution in [-0.2, 0) is 19.6 Å². The highest BCUT2D eigenvalue weighted by atomic mass is 17.5. The largest absolute Gasteiger partial charge is 0.543 e. The minimum atomic E-state index is -0.997. The van der Waals surface area contributed by atoms with Gasteiger partial charge in [-0.05, 0) is 56.6 Å². The highest BCUT2D eigenvalue weighted by Gasteiger charge is 2.34. The molecule has 1 aliphatic carbocycles. The first-order valence-corrected chi connectivity index (χ1v) is 9.10. The molecule has 0 heterocycles. The van der Waals surface area contributed by atoms with Crippen LogP contribution in [0.3, 0.4) is 0 Å². The molecular formula is C20H28O6. The van der Waals surface area contributed by atoms with Crippen LogP contribution < -0.4 is 0 Å². The predicted molar refractivity (Wildman–Crippen MR) is 95.1 cm³/mol. The van der Waals surface area contributed by atoms with Crippen LogP contribution in [0.4, 0.5) is 4.79 Å². The summed E-state index contributed by atoms with van der Waals surface area (Å²) in [5.74, 6) is 0.447. The number of aryl methyl sites for hydroxylation is 2. The normalized spacial score (nSPS) is 22.8. The molecule has 6 heteroatoms. The molecule has 0 bridgehead atoms. The van der Waals surface area contributed by atoms with Crippen molar-refractivity contribution in [3.63, 3.8) is 0 Å². The van der Waals surface area contributed by atoms with Crippen molar-refractivity contribution >= 4 is 12.1 Å². The van der Waals surface area contributed by atoms with Gasteiger partial charge in [-0.25, -0.2) is 14.5 Å². The van der Waals surface area contributed by atoms with E-state index in [4.69, 9.17) is 4.74 Å². The van der Waals surface area contributed by atoms with Gasteiger partial charge in [0, 0.05) is 0 Å². The fourth-order valence-corrected chi connectivity index (χ4v) is 3.61. The van der Waals surface area contributed by atoms with Crippen molar-refractivity contribution in [2.24, 2.45) is 17.8 Å². The van der Waals surface area contributed by atoms with Crippen LogP contribution in [0.1, 0.15) is 61.5 Å². The smallest absolute Gasteiger partial charge is 0.429 e. The van der Waals surface area contributed by atoms with Gasteiger partial charge in [-0.2, -0.15) is 0 Å². The number of carbonyl (C=O) groups is 2. The molecule has 0 aliphatic heterocycles. The maximum absolute atomic E-state index is 11.9. The van der Waals surface area contributed by atoms with E-state index in [-0.39, 0.29) is 12.0 Å². The summed E-state index contributed by atoms with van der Waals surface area (Å²) in [5.41, 5.74) is 2.16. The highest BCUT2D eigenvalue weighted by Crippen LogP contribution is 2.35. The van der Waals surface area contributed by atoms with Crippen LogP contribution in [0, 0.1) is 31.6 Å². The zero-order valence-electron chi connectivity index (χ0n) is 16.1. The lowest BCUT2D eigenvalue weighted by molar-refractivity contribution is -0.453. The fraction of sp³-hybridized carbons (Fsp3) is 0.600. The molecule has 0 spiro atoms. The van der Waals surface area contributed by atoms with E-state index >= 15 is 0 Å². The van der Waals surface area contributed by atoms with Crippen molar-refractivity contribution < 1.29 is 29.1 Å². The quantitative estimate of drug-likeness (QED) is 0.419. The van der Waals surface area contributed by atoms with Crippen LogP contribution in [0.15, 0.2) is 18.2 Å². The number of benzene rings is 1. The Bertz CT molecular complexity index is 619. The standard InChI is InChI=1S/C20H28O6/c1-12(2)17-7-6-13(3)11-18(17)23-20(22)25-26-24-19(21)16-9-14(4)8-15(5)10-16/h8-10,12-13,17-18H,6-7,11H2,1-5H3. The molecule has 0 N–H and O–H groups in total. The Labute approximate surface area is 154 Å². The molecule has 2 rings (SSSR count). The van der Waals surface area contributed by atoms with Crippen LogP contribution in [-0.4, -0.2) is 18.2 Å². The van der Waals surface area contributed by atoms with Gasteiger partial charge < -0.3 is 4.74 Å². The van der Waals surface area contributed by atoms with Crippen molar-refractivity contribution in [2.45, 2.75) is 60.0 Å². The summed E-state index contributed by atoms with van der Waals surface area (Å²) in [6.45, 7) is 10.1. The maximum Gasteiger partial charge on any atom is 0.543 e. The molecule has 26 heavy (non-hydrogen) atoms. The number of carbonyl (C=O) groups excluding carboxylic acids is 2. The predicted octanol–water partition coefficient (Wildman–Crippen LogP) is 4.92. The molecule has 1 aliphatic rings. The van der Waals surface area contributed by atoms with Gasteiger partial charge in [0.25, 0.3) is 0 Å². The lowest BCUT2D eigenvalue weighted by Gasteiger charge is -2.36. The average Bonchev–Trinajstić information content (AvgIpc) is 2.53. The van der Waals surface area contributed by atoms with Crippen LogP contribution >= 0.6 is 0 Å². The first-order valence-electron chi connectivity index (χ1n) is 9.10. The molecule has 3 unspecified atom stereocenters. The highest BCUT2D eigenvalue weighted by molar-refractivity contribution is 5.89. The molecule has 1 saturated carbocycles. The Kier molecular flexibility index (Phi) is 7.03. The molecule has 1 aromatic rings. The lowest BCUT2D eigenvalue weighted by atomic mass is 9.75. The first kappa shape index (κ1) is 20.2. The van der Waals surface area contributed by atoms with Crippen LogP contribution in [0.25, 0.3) is 0 Å². The zero-order valence-corrected chi connectivity index (χ0v) is 16.1. The Morgan fingerprint density at radius 3 is 2.31 bits per heavy atom. The molecule has 0 radical (unpaired) electrons. The van der Waals surface area contributed by atoms with Gasteiger partial charge in [-0.15, -0.1) is 0 Å². The van der Waals surface area contributed by atoms with Crippen molar-refractivity contribution in [1.82, 2.24) is 0 Å². The van der Waals surface area contributed by atoms with Gasteiger partial charge in [-0.1, -0.05) is 44.4 Å². The summed E-state index contributed by atoms with van der Waals surface area (Å²) in [6, 6.07) is 5.25. The first-order chi connectivity index (χ1) is 12.3. The zero-order chi connectivity index (χ0) is 19.3. The Hall–Kier alpha value is -2.08. The SMILES string of the molecule is Cc1cc(C)cc(C(=O)OOOC(=O)OC2CC(C)CCC2C(C)C)c1. The number of ether oxygens (including phenoxy) is 1. The molecule has 6 nitrogen and oxygen atoms in total. The second-order valence-electron chi connectivity index (χ2n) is 7.63. The van der Waals surface area contributed by atoms with E-state index in [2.05, 4.69) is 35.6 Å². The van der Waals surface area contributed by atoms with Gasteiger partial charge in [0.15, 0.2) is 0 Å². The summed E-state index contributed by atoms with van der Waals surface area (Å²) >= 11 is 0. The molecule has 0 amide bonds. The molecule has 3 atom stereocenters. The third-order valence-corrected chi connectivity index (χ3v) is 4.88. The average molecular weight is 364 g/mol. The van der Waals surface area contributed by atoms with Crippen molar-refractivity contribution in [3.8, 4) is 0 Å². The topological polar surface area (TPSA) is 71.1 Å². The third kappa shape index (κ3) is 5.73. The summed E-state index contributed by atoms with van der Waals surface area (Å²) < 4.78 is 5.38. The lowest BCUT2D eigenvalue weighted by Crippen LogP contribution is -2.36. The summed E-state index contributed by atoms with van der Waals surface area (Å²) in [7, 11) is 0. The van der Waals surface area contributed by atoms with Gasteiger partial charge in [0.1, 0.15) is 6.10 Å². The number of rotatable bonds is 5. The maximum atomic E-state index is 11.9. The van der Waals surface area contributed by atoms with Gasteiger partial charge in [-0.3, -0.25) is 4.89 Å². The van der Waals surface area contributed by atoms with E-state index < -0.39 is 12.1 Å². The Balaban J connectivity index is 1.81. The molecule has 0 aromatic heterocycles.